The van der Waals surface area contributed by atoms with Crippen molar-refractivity contribution in [3.63, 3.8) is 0 Å². The van der Waals surface area contributed by atoms with Crippen LogP contribution in [0.3, 0.4) is 0 Å². The van der Waals surface area contributed by atoms with Crippen molar-refractivity contribution >= 4 is 26.5 Å². The van der Waals surface area contributed by atoms with E-state index in [-0.39, 0.29) is 21.4 Å². The van der Waals surface area contributed by atoms with Crippen molar-refractivity contribution in [3.8, 4) is 0 Å². The summed E-state index contributed by atoms with van der Waals surface area (Å²) in [5.41, 5.74) is 1.37. The molecule has 0 atom stereocenters. The number of hydrogen-bond donors (Lipinski definition) is 8. The van der Waals surface area contributed by atoms with Crippen LogP contribution >= 0.6 is 15.9 Å². The van der Waals surface area contributed by atoms with E-state index in [9.17, 15) is 19.6 Å². The van der Waals surface area contributed by atoms with Gasteiger partial charge in [-0.15, -0.1) is 0 Å². The number of aliphatic hydroxyl groups excluding tert-OH is 4. The minimum absolute atomic E-state index is 0.128. The maximum Gasteiger partial charge on any atom is 0.0627 e. The Kier molecular flexibility index (Phi) is 13.4. The summed E-state index contributed by atoms with van der Waals surface area (Å²) < 4.78 is 5.62. The molecule has 0 spiro atoms. The number of aliphatic hydroxyl groups is 4. The van der Waals surface area contributed by atoms with Gasteiger partial charge in [0.25, 0.3) is 0 Å². The van der Waals surface area contributed by atoms with Crippen LogP contribution in [-0.4, -0.2) is 66.4 Å². The first-order valence-corrected chi connectivity index (χ1v) is 18.6. The van der Waals surface area contributed by atoms with Crippen LogP contribution in [0.4, 0.5) is 0 Å². The van der Waals surface area contributed by atoms with Crippen molar-refractivity contribution in [1.82, 2.24) is 0 Å². The molecule has 0 heterocycles. The van der Waals surface area contributed by atoms with E-state index in [2.05, 4.69) is 41.5 Å². The summed E-state index contributed by atoms with van der Waals surface area (Å²) in [4.78, 5) is 45.1. The monoisotopic (exact) mass is 662 g/mol. The Balaban J connectivity index is 0.000000930. The molecule has 0 radical (unpaired) electrons. The Labute approximate surface area is 265 Å². The molecule has 0 aliphatic carbocycles. The predicted octanol–water partition coefficient (Wildman–Crippen LogP) is 3.75. The third-order valence-corrected chi connectivity index (χ3v) is 12.3. The van der Waals surface area contributed by atoms with Crippen LogP contribution < -0.4 is 10.6 Å². The van der Waals surface area contributed by atoms with Crippen molar-refractivity contribution < 1.29 is 44.3 Å². The van der Waals surface area contributed by atoms with Crippen LogP contribution in [0.1, 0.15) is 105 Å². The van der Waals surface area contributed by atoms with Gasteiger partial charge >= 0.3 is 214 Å². The molecular weight excluding hydrogens is 602 g/mol. The van der Waals surface area contributed by atoms with Crippen molar-refractivity contribution in [2.45, 2.75) is 105 Å². The molecule has 0 saturated heterocycles. The van der Waals surface area contributed by atoms with Crippen LogP contribution in [0, 0.1) is 5.41 Å². The van der Waals surface area contributed by atoms with Crippen molar-refractivity contribution in [2.75, 3.05) is 26.4 Å². The molecule has 0 unspecified atom stereocenters. The van der Waals surface area contributed by atoms with E-state index in [4.69, 9.17) is 24.7 Å². The zero-order chi connectivity index (χ0) is 34.7. The molecule has 9 nitrogen and oxygen atoms in total. The quantitative estimate of drug-likeness (QED) is 0.196. The zero-order valence-electron chi connectivity index (χ0n) is 28.8. The molecule has 2 aromatic carbocycles. The van der Waals surface area contributed by atoms with E-state index in [0.717, 1.165) is 22.3 Å². The largest absolute Gasteiger partial charge is 0.396 e. The molecule has 8 N–H and O–H groups in total. The molecule has 0 amide bonds. The van der Waals surface area contributed by atoms with Crippen LogP contribution in [-0.2, 0) is 26.0 Å². The van der Waals surface area contributed by atoms with Crippen molar-refractivity contribution in [1.29, 1.82) is 0 Å². The SMILES string of the molecule is CC(C)(C)c1ccc([PH](O)(O)O[PH](O)(O)c2ccc(C(C)(C)C)cc2C(C)(C)C)c(C(C)(C)C)c1.OCC(CO)(CO)CO. The fourth-order valence-corrected chi connectivity index (χ4v) is 9.10. The van der Waals surface area contributed by atoms with Crippen molar-refractivity contribution in [3.05, 3.63) is 58.7 Å². The molecule has 11 heteroatoms. The van der Waals surface area contributed by atoms with Crippen LogP contribution in [0.2, 0.25) is 0 Å². The first kappa shape index (κ1) is 41.0. The van der Waals surface area contributed by atoms with Crippen LogP contribution in [0.5, 0.6) is 0 Å². The summed E-state index contributed by atoms with van der Waals surface area (Å²) >= 11 is 0. The number of benzene rings is 2. The average Bonchev–Trinajstić information content (AvgIpc) is 2.87. The molecule has 44 heavy (non-hydrogen) atoms. The third-order valence-electron chi connectivity index (χ3n) is 7.72. The maximum atomic E-state index is 11.3. The molecule has 2 rings (SSSR count). The van der Waals surface area contributed by atoms with Crippen LogP contribution in [0.25, 0.3) is 0 Å². The first-order chi connectivity index (χ1) is 19.6. The normalized spacial score (nSPS) is 14.6. The fraction of sp³-hybridized carbons (Fsp3) is 0.636. The number of rotatable bonds is 8. The molecule has 0 fully saturated rings. The van der Waals surface area contributed by atoms with E-state index in [1.54, 1.807) is 12.1 Å². The van der Waals surface area contributed by atoms with Crippen LogP contribution in [0.15, 0.2) is 36.4 Å². The standard InChI is InChI=1S/C28H48O5P2.C5H12O4/c1-25(2,3)19-13-15-23(21(17-19)27(7,8)9)34(29,30)33-35(31,32)24-16-14-20(26(4,5)6)18-22(24)28(10,11)12;6-1-5(2-7,3-8)4-9/h13-18,29-32,34-35H,1-12H3;6-9H,1-4H2. The Bertz CT molecular complexity index is 1120. The van der Waals surface area contributed by atoms with E-state index in [1.165, 1.54) is 0 Å². The van der Waals surface area contributed by atoms with Gasteiger partial charge in [-0.2, -0.15) is 0 Å². The van der Waals surface area contributed by atoms with E-state index in [1.807, 2.05) is 65.8 Å². The van der Waals surface area contributed by atoms with Gasteiger partial charge in [-0.1, -0.05) is 0 Å². The van der Waals surface area contributed by atoms with Gasteiger partial charge in [0.2, 0.25) is 0 Å². The van der Waals surface area contributed by atoms with Gasteiger partial charge in [0, 0.05) is 0 Å². The Hall–Kier alpha value is -1.06. The molecule has 2 aromatic rings. The summed E-state index contributed by atoms with van der Waals surface area (Å²) in [6.07, 6.45) is 0. The summed E-state index contributed by atoms with van der Waals surface area (Å²) in [6, 6.07) is 11.0. The Morgan fingerprint density at radius 1 is 0.477 bits per heavy atom. The van der Waals surface area contributed by atoms with Gasteiger partial charge in [0.05, 0.1) is 31.8 Å². The van der Waals surface area contributed by atoms with Gasteiger partial charge < -0.3 is 20.4 Å². The van der Waals surface area contributed by atoms with Gasteiger partial charge in [0.1, 0.15) is 0 Å². The fourth-order valence-electron chi connectivity index (χ4n) is 4.44. The Morgan fingerprint density at radius 2 is 0.750 bits per heavy atom. The second kappa shape index (κ2) is 14.4. The second-order valence-electron chi connectivity index (χ2n) is 16.0. The molecule has 0 bridgehead atoms. The van der Waals surface area contributed by atoms with Gasteiger partial charge in [-0.3, -0.25) is 0 Å². The smallest absolute Gasteiger partial charge is 0.0627 e. The maximum absolute atomic E-state index is 11.3. The molecule has 256 valence electrons. The van der Waals surface area contributed by atoms with Gasteiger partial charge in [-0.05, 0) is 0 Å². The predicted molar refractivity (Wildman–Crippen MR) is 184 cm³/mol. The Morgan fingerprint density at radius 3 is 0.932 bits per heavy atom. The van der Waals surface area contributed by atoms with Crippen molar-refractivity contribution in [2.24, 2.45) is 5.41 Å². The van der Waals surface area contributed by atoms with E-state index < -0.39 is 58.6 Å². The van der Waals surface area contributed by atoms with Gasteiger partial charge in [0.15, 0.2) is 0 Å². The summed E-state index contributed by atoms with van der Waals surface area (Å²) in [7, 11) is -9.41. The summed E-state index contributed by atoms with van der Waals surface area (Å²) in [5, 5.41) is 34.5. The number of hydrogen-bond acceptors (Lipinski definition) is 9. The third kappa shape index (κ3) is 10.5. The topological polar surface area (TPSA) is 171 Å². The van der Waals surface area contributed by atoms with E-state index in [0.29, 0.717) is 0 Å². The molecule has 0 aliphatic rings. The molecule has 0 aromatic heterocycles. The summed E-state index contributed by atoms with van der Waals surface area (Å²) in [6.45, 7) is 22.9. The zero-order valence-corrected chi connectivity index (χ0v) is 30.8. The molecular formula is C33H60O9P2. The van der Waals surface area contributed by atoms with Gasteiger partial charge in [-0.25, -0.2) is 0 Å². The first-order valence-electron chi connectivity index (χ1n) is 15.0. The molecule has 0 saturated carbocycles. The average molecular weight is 663 g/mol. The molecule has 0 aliphatic heterocycles. The minimum Gasteiger partial charge on any atom is -0.396 e. The summed E-state index contributed by atoms with van der Waals surface area (Å²) in [5.74, 6) is 0. The minimum atomic E-state index is -4.70. The second-order valence-corrected chi connectivity index (χ2v) is 20.3. The van der Waals surface area contributed by atoms with E-state index >= 15 is 0 Å².